The SMILES string of the molecule is CCOC(OCC)C(Cc1ccccn1)NC. The smallest absolute Gasteiger partial charge is 0.173 e. The highest BCUT2D eigenvalue weighted by Crippen LogP contribution is 2.08. The highest BCUT2D eigenvalue weighted by molar-refractivity contribution is 5.05. The van der Waals surface area contributed by atoms with Gasteiger partial charge in [0.05, 0.1) is 6.04 Å². The lowest BCUT2D eigenvalue weighted by atomic mass is 10.1. The van der Waals surface area contributed by atoms with Gasteiger partial charge in [-0.05, 0) is 33.0 Å². The second kappa shape index (κ2) is 8.17. The van der Waals surface area contributed by atoms with Crippen molar-refractivity contribution in [3.8, 4) is 0 Å². The second-order valence-electron chi connectivity index (χ2n) is 3.70. The van der Waals surface area contributed by atoms with Crippen molar-refractivity contribution >= 4 is 0 Å². The van der Waals surface area contributed by atoms with Crippen molar-refractivity contribution in [1.29, 1.82) is 0 Å². The van der Waals surface area contributed by atoms with Gasteiger partial charge in [0.2, 0.25) is 0 Å². The van der Waals surface area contributed by atoms with Crippen LogP contribution in [0.25, 0.3) is 0 Å². The number of ether oxygens (including phenoxy) is 2. The molecule has 1 rings (SSSR count). The molecule has 1 N–H and O–H groups in total. The van der Waals surface area contributed by atoms with Gasteiger partial charge in [-0.1, -0.05) is 6.07 Å². The molecule has 96 valence electrons. The van der Waals surface area contributed by atoms with Crippen LogP contribution >= 0.6 is 0 Å². The quantitative estimate of drug-likeness (QED) is 0.699. The second-order valence-corrected chi connectivity index (χ2v) is 3.70. The molecule has 0 aliphatic carbocycles. The molecule has 0 aromatic carbocycles. The summed E-state index contributed by atoms with van der Waals surface area (Å²) in [5.41, 5.74) is 1.04. The Bertz CT molecular complexity index is 287. The van der Waals surface area contributed by atoms with E-state index in [1.807, 2.05) is 39.1 Å². The molecule has 0 spiro atoms. The van der Waals surface area contributed by atoms with Gasteiger partial charge >= 0.3 is 0 Å². The molecule has 0 aliphatic rings. The summed E-state index contributed by atoms with van der Waals surface area (Å²) < 4.78 is 11.2. The Morgan fingerprint density at radius 3 is 2.41 bits per heavy atom. The molecule has 0 amide bonds. The molecule has 1 aromatic rings. The van der Waals surface area contributed by atoms with Crippen LogP contribution in [0.1, 0.15) is 19.5 Å². The summed E-state index contributed by atoms with van der Waals surface area (Å²) in [5, 5.41) is 3.23. The van der Waals surface area contributed by atoms with Crippen LogP contribution in [0.3, 0.4) is 0 Å². The maximum atomic E-state index is 5.60. The maximum absolute atomic E-state index is 5.60. The van der Waals surface area contributed by atoms with Crippen LogP contribution in [-0.2, 0) is 15.9 Å². The molecule has 0 radical (unpaired) electrons. The van der Waals surface area contributed by atoms with Crippen LogP contribution in [0.4, 0.5) is 0 Å². The van der Waals surface area contributed by atoms with Crippen molar-refractivity contribution in [3.05, 3.63) is 30.1 Å². The number of hydrogen-bond donors (Lipinski definition) is 1. The van der Waals surface area contributed by atoms with Crippen molar-refractivity contribution in [2.45, 2.75) is 32.6 Å². The van der Waals surface area contributed by atoms with Gasteiger partial charge < -0.3 is 14.8 Å². The number of likely N-dealkylation sites (N-methyl/N-ethyl adjacent to an activating group) is 1. The Balaban J connectivity index is 2.61. The van der Waals surface area contributed by atoms with E-state index < -0.39 is 0 Å². The van der Waals surface area contributed by atoms with E-state index in [0.717, 1.165) is 12.1 Å². The largest absolute Gasteiger partial charge is 0.351 e. The predicted octanol–water partition coefficient (Wildman–Crippen LogP) is 1.61. The molecule has 4 nitrogen and oxygen atoms in total. The zero-order chi connectivity index (χ0) is 12.5. The number of pyridine rings is 1. The Kier molecular flexibility index (Phi) is 6.77. The number of nitrogens with one attached hydrogen (secondary N) is 1. The van der Waals surface area contributed by atoms with E-state index in [9.17, 15) is 0 Å². The third kappa shape index (κ3) is 4.81. The first-order chi connectivity index (χ1) is 8.31. The number of aromatic nitrogens is 1. The molecule has 0 saturated heterocycles. The van der Waals surface area contributed by atoms with Crippen LogP contribution in [-0.4, -0.2) is 37.6 Å². The fourth-order valence-electron chi connectivity index (χ4n) is 1.69. The van der Waals surface area contributed by atoms with E-state index >= 15 is 0 Å². The molecule has 4 heteroatoms. The van der Waals surface area contributed by atoms with E-state index in [0.29, 0.717) is 13.2 Å². The summed E-state index contributed by atoms with van der Waals surface area (Å²) in [6.45, 7) is 5.23. The summed E-state index contributed by atoms with van der Waals surface area (Å²) >= 11 is 0. The number of rotatable bonds is 8. The van der Waals surface area contributed by atoms with Gasteiger partial charge in [0.1, 0.15) is 0 Å². The molecule has 1 unspecified atom stereocenters. The zero-order valence-corrected chi connectivity index (χ0v) is 10.8. The molecule has 1 aromatic heterocycles. The van der Waals surface area contributed by atoms with Crippen LogP contribution in [0, 0.1) is 0 Å². The summed E-state index contributed by atoms with van der Waals surface area (Å²) in [5.74, 6) is 0. The predicted molar refractivity (Wildman–Crippen MR) is 67.8 cm³/mol. The fourth-order valence-corrected chi connectivity index (χ4v) is 1.69. The number of hydrogen-bond acceptors (Lipinski definition) is 4. The van der Waals surface area contributed by atoms with Gasteiger partial charge in [-0.3, -0.25) is 4.98 Å². The van der Waals surface area contributed by atoms with E-state index in [2.05, 4.69) is 10.3 Å². The Labute approximate surface area is 103 Å². The molecule has 0 bridgehead atoms. The summed E-state index contributed by atoms with van der Waals surface area (Å²) in [7, 11) is 1.92. The molecular weight excluding hydrogens is 216 g/mol. The van der Waals surface area contributed by atoms with Crippen LogP contribution in [0.2, 0.25) is 0 Å². The average Bonchev–Trinajstić information content (AvgIpc) is 2.37. The van der Waals surface area contributed by atoms with E-state index in [1.165, 1.54) is 0 Å². The Morgan fingerprint density at radius 1 is 1.24 bits per heavy atom. The van der Waals surface area contributed by atoms with Crippen molar-refractivity contribution < 1.29 is 9.47 Å². The Hall–Kier alpha value is -0.970. The van der Waals surface area contributed by atoms with Gasteiger partial charge in [-0.2, -0.15) is 0 Å². The summed E-state index contributed by atoms with van der Waals surface area (Å²) in [4.78, 5) is 4.32. The van der Waals surface area contributed by atoms with Gasteiger partial charge in [0.25, 0.3) is 0 Å². The first-order valence-corrected chi connectivity index (χ1v) is 6.12. The van der Waals surface area contributed by atoms with Crippen molar-refractivity contribution in [2.75, 3.05) is 20.3 Å². The molecular formula is C13H22N2O2. The topological polar surface area (TPSA) is 43.4 Å². The monoisotopic (exact) mass is 238 g/mol. The Morgan fingerprint density at radius 2 is 1.94 bits per heavy atom. The highest BCUT2D eigenvalue weighted by Gasteiger charge is 2.21. The lowest BCUT2D eigenvalue weighted by Crippen LogP contribution is -2.43. The maximum Gasteiger partial charge on any atom is 0.173 e. The standard InChI is InChI=1S/C13H22N2O2/c1-4-16-13(17-5-2)12(14-3)10-11-8-6-7-9-15-11/h6-9,12-14H,4-5,10H2,1-3H3. The van der Waals surface area contributed by atoms with Crippen LogP contribution in [0.15, 0.2) is 24.4 Å². The lowest BCUT2D eigenvalue weighted by Gasteiger charge is -2.26. The molecule has 1 atom stereocenters. The minimum atomic E-state index is -0.225. The first kappa shape index (κ1) is 14.1. The van der Waals surface area contributed by atoms with Gasteiger partial charge in [-0.15, -0.1) is 0 Å². The average molecular weight is 238 g/mol. The molecule has 0 aliphatic heterocycles. The van der Waals surface area contributed by atoms with Crippen molar-refractivity contribution in [2.24, 2.45) is 0 Å². The fraction of sp³-hybridized carbons (Fsp3) is 0.615. The van der Waals surface area contributed by atoms with Gasteiger partial charge in [0, 0.05) is 31.5 Å². The van der Waals surface area contributed by atoms with E-state index in [-0.39, 0.29) is 12.3 Å². The van der Waals surface area contributed by atoms with E-state index in [1.54, 1.807) is 6.20 Å². The van der Waals surface area contributed by atoms with Crippen LogP contribution < -0.4 is 5.32 Å². The third-order valence-corrected chi connectivity index (χ3v) is 2.52. The third-order valence-electron chi connectivity index (χ3n) is 2.52. The minimum absolute atomic E-state index is 0.116. The normalized spacial score (nSPS) is 12.9. The lowest BCUT2D eigenvalue weighted by molar-refractivity contribution is -0.152. The van der Waals surface area contributed by atoms with E-state index in [4.69, 9.17) is 9.47 Å². The number of nitrogens with zero attached hydrogens (tertiary/aromatic N) is 1. The molecule has 1 heterocycles. The summed E-state index contributed by atoms with van der Waals surface area (Å²) in [6, 6.07) is 6.04. The van der Waals surface area contributed by atoms with Gasteiger partial charge in [0.15, 0.2) is 6.29 Å². The van der Waals surface area contributed by atoms with Gasteiger partial charge in [-0.25, -0.2) is 0 Å². The molecule has 0 fully saturated rings. The molecule has 0 saturated carbocycles. The van der Waals surface area contributed by atoms with Crippen molar-refractivity contribution in [3.63, 3.8) is 0 Å². The zero-order valence-electron chi connectivity index (χ0n) is 10.8. The first-order valence-electron chi connectivity index (χ1n) is 6.12. The summed E-state index contributed by atoms with van der Waals surface area (Å²) in [6.07, 6.45) is 2.37. The van der Waals surface area contributed by atoms with Crippen molar-refractivity contribution in [1.82, 2.24) is 10.3 Å². The molecule has 17 heavy (non-hydrogen) atoms. The highest BCUT2D eigenvalue weighted by atomic mass is 16.7. The minimum Gasteiger partial charge on any atom is -0.351 e. The van der Waals surface area contributed by atoms with Crippen LogP contribution in [0.5, 0.6) is 0 Å².